The van der Waals surface area contributed by atoms with Gasteiger partial charge in [0.05, 0.1) is 22.8 Å². The molecule has 0 atom stereocenters. The van der Waals surface area contributed by atoms with E-state index in [-0.39, 0.29) is 22.4 Å². The van der Waals surface area contributed by atoms with Gasteiger partial charge in [-0.2, -0.15) is 13.2 Å². The van der Waals surface area contributed by atoms with Crippen LogP contribution in [0.4, 0.5) is 18.9 Å². The molecule has 28 heavy (non-hydrogen) atoms. The molecule has 146 valence electrons. The smallest absolute Gasteiger partial charge is 0.416 e. The number of nitrogens with zero attached hydrogens (tertiary/aromatic N) is 1. The monoisotopic (exact) mass is 408 g/mol. The second kappa shape index (κ2) is 7.97. The number of phenolic OH excluding ortho intramolecular Hbond substituents is 1. The van der Waals surface area contributed by atoms with E-state index in [1.54, 1.807) is 25.1 Å². The lowest BCUT2D eigenvalue weighted by Crippen LogP contribution is -2.19. The molecule has 0 spiro atoms. The van der Waals surface area contributed by atoms with Gasteiger partial charge < -0.3 is 15.2 Å². The predicted molar refractivity (Wildman–Crippen MR) is 102 cm³/mol. The highest BCUT2D eigenvalue weighted by molar-refractivity contribution is 8.18. The number of halogens is 3. The zero-order valence-corrected chi connectivity index (χ0v) is 15.4. The summed E-state index contributed by atoms with van der Waals surface area (Å²) in [6.07, 6.45) is -2.89. The first-order chi connectivity index (χ1) is 13.3. The van der Waals surface area contributed by atoms with Gasteiger partial charge in [0, 0.05) is 0 Å². The minimum Gasteiger partial charge on any atom is -0.504 e. The molecule has 0 saturated carbocycles. The molecule has 0 aliphatic carbocycles. The van der Waals surface area contributed by atoms with Crippen LogP contribution in [0.1, 0.15) is 18.1 Å². The number of hydrogen-bond donors (Lipinski definition) is 2. The SMILES string of the molecule is CCOc1cc(/C=C2/SC(=Nc3cccc(C(F)(F)F)c3)NC2=O)ccc1O. The van der Waals surface area contributed by atoms with Gasteiger partial charge in [0.1, 0.15) is 0 Å². The van der Waals surface area contributed by atoms with Crippen LogP contribution in [-0.4, -0.2) is 22.8 Å². The molecule has 3 rings (SSSR count). The van der Waals surface area contributed by atoms with Crippen LogP contribution in [0.25, 0.3) is 6.08 Å². The van der Waals surface area contributed by atoms with Gasteiger partial charge in [0.2, 0.25) is 0 Å². The number of phenols is 1. The summed E-state index contributed by atoms with van der Waals surface area (Å²) in [5, 5.41) is 12.4. The molecule has 5 nitrogen and oxygen atoms in total. The van der Waals surface area contributed by atoms with E-state index in [2.05, 4.69) is 10.3 Å². The molecule has 2 aromatic rings. The minimum absolute atomic E-state index is 0.0145. The van der Waals surface area contributed by atoms with Crippen LogP contribution in [0.15, 0.2) is 52.4 Å². The van der Waals surface area contributed by atoms with Crippen LogP contribution in [0.5, 0.6) is 11.5 Å². The van der Waals surface area contributed by atoms with Crippen molar-refractivity contribution < 1.29 is 27.8 Å². The molecule has 0 radical (unpaired) electrons. The number of carbonyl (C=O) groups excluding carboxylic acids is 1. The molecule has 0 unspecified atom stereocenters. The Kier molecular flexibility index (Phi) is 5.64. The van der Waals surface area contributed by atoms with Crippen LogP contribution in [0, 0.1) is 0 Å². The Morgan fingerprint density at radius 3 is 2.75 bits per heavy atom. The predicted octanol–water partition coefficient (Wildman–Crippen LogP) is 4.70. The summed E-state index contributed by atoms with van der Waals surface area (Å²) in [6.45, 7) is 2.15. The minimum atomic E-state index is -4.47. The van der Waals surface area contributed by atoms with E-state index in [0.717, 1.165) is 23.9 Å². The standard InChI is InChI=1S/C19H15F3N2O3S/c1-2-27-15-8-11(6-7-14(15)25)9-16-17(26)24-18(28-16)23-13-5-3-4-12(10-13)19(20,21)22/h3-10,25H,2H2,1H3,(H,23,24,26)/b16-9+. The summed E-state index contributed by atoms with van der Waals surface area (Å²) < 4.78 is 43.7. The topological polar surface area (TPSA) is 70.9 Å². The molecule has 2 N–H and O–H groups in total. The van der Waals surface area contributed by atoms with Gasteiger partial charge in [0.15, 0.2) is 16.7 Å². The zero-order valence-electron chi connectivity index (χ0n) is 14.6. The number of aliphatic imine (C=N–C) groups is 1. The Hall–Kier alpha value is -2.94. The maximum Gasteiger partial charge on any atom is 0.416 e. The quantitative estimate of drug-likeness (QED) is 0.720. The second-order valence-corrected chi connectivity index (χ2v) is 6.72. The summed E-state index contributed by atoms with van der Waals surface area (Å²) in [7, 11) is 0. The Morgan fingerprint density at radius 2 is 2.04 bits per heavy atom. The lowest BCUT2D eigenvalue weighted by molar-refractivity contribution is -0.137. The third-order valence-electron chi connectivity index (χ3n) is 3.64. The number of alkyl halides is 3. The number of ether oxygens (including phenoxy) is 1. The fourth-order valence-corrected chi connectivity index (χ4v) is 3.23. The second-order valence-electron chi connectivity index (χ2n) is 5.69. The third kappa shape index (κ3) is 4.66. The van der Waals surface area contributed by atoms with Gasteiger partial charge >= 0.3 is 6.18 Å². The summed E-state index contributed by atoms with van der Waals surface area (Å²) in [6, 6.07) is 9.19. The molecular weight excluding hydrogens is 393 g/mol. The van der Waals surface area contributed by atoms with E-state index in [0.29, 0.717) is 17.1 Å². The molecule has 1 heterocycles. The first kappa shape index (κ1) is 19.8. The fraction of sp³-hybridized carbons (Fsp3) is 0.158. The summed E-state index contributed by atoms with van der Waals surface area (Å²) in [5.41, 5.74) is -0.103. The van der Waals surface area contributed by atoms with E-state index in [1.807, 2.05) is 0 Å². The van der Waals surface area contributed by atoms with Crippen molar-refractivity contribution in [1.82, 2.24) is 5.32 Å². The van der Waals surface area contributed by atoms with Crippen molar-refractivity contribution in [2.24, 2.45) is 4.99 Å². The number of nitrogens with one attached hydrogen (secondary N) is 1. The maximum atomic E-state index is 12.8. The molecule has 1 aliphatic heterocycles. The van der Waals surface area contributed by atoms with Gasteiger partial charge in [-0.05, 0) is 60.7 Å². The Morgan fingerprint density at radius 1 is 1.25 bits per heavy atom. The van der Waals surface area contributed by atoms with Crippen molar-refractivity contribution in [1.29, 1.82) is 0 Å². The zero-order chi connectivity index (χ0) is 20.3. The molecule has 0 aromatic heterocycles. The third-order valence-corrected chi connectivity index (χ3v) is 4.55. The van der Waals surface area contributed by atoms with Gasteiger partial charge in [-0.3, -0.25) is 4.79 Å². The van der Waals surface area contributed by atoms with Crippen molar-refractivity contribution in [3.63, 3.8) is 0 Å². The lowest BCUT2D eigenvalue weighted by atomic mass is 10.2. The molecular formula is C19H15F3N2O3S. The fourth-order valence-electron chi connectivity index (χ4n) is 2.39. The average Bonchev–Trinajstić information content (AvgIpc) is 2.96. The van der Waals surface area contributed by atoms with Crippen LogP contribution in [-0.2, 0) is 11.0 Å². The van der Waals surface area contributed by atoms with Gasteiger partial charge in [-0.25, -0.2) is 4.99 Å². The number of amidine groups is 1. The van der Waals surface area contributed by atoms with Crippen LogP contribution >= 0.6 is 11.8 Å². The average molecular weight is 408 g/mol. The summed E-state index contributed by atoms with van der Waals surface area (Å²) in [4.78, 5) is 16.5. The largest absolute Gasteiger partial charge is 0.504 e. The molecule has 1 fully saturated rings. The highest BCUT2D eigenvalue weighted by Gasteiger charge is 2.30. The van der Waals surface area contributed by atoms with E-state index >= 15 is 0 Å². The number of thioether (sulfide) groups is 1. The summed E-state index contributed by atoms with van der Waals surface area (Å²) in [5.74, 6) is -0.140. The number of benzene rings is 2. The highest BCUT2D eigenvalue weighted by atomic mass is 32.2. The van der Waals surface area contributed by atoms with Crippen LogP contribution < -0.4 is 10.1 Å². The number of hydrogen-bond acceptors (Lipinski definition) is 5. The lowest BCUT2D eigenvalue weighted by Gasteiger charge is -2.06. The highest BCUT2D eigenvalue weighted by Crippen LogP contribution is 2.34. The van der Waals surface area contributed by atoms with E-state index < -0.39 is 17.6 Å². The Labute approximate surface area is 162 Å². The van der Waals surface area contributed by atoms with Crippen molar-refractivity contribution >= 4 is 34.6 Å². The van der Waals surface area contributed by atoms with E-state index in [1.165, 1.54) is 18.2 Å². The Balaban J connectivity index is 1.83. The molecule has 0 bridgehead atoms. The van der Waals surface area contributed by atoms with Crippen molar-refractivity contribution in [2.45, 2.75) is 13.1 Å². The van der Waals surface area contributed by atoms with Gasteiger partial charge in [-0.1, -0.05) is 12.1 Å². The van der Waals surface area contributed by atoms with E-state index in [4.69, 9.17) is 4.74 Å². The van der Waals surface area contributed by atoms with Crippen molar-refractivity contribution in [3.05, 3.63) is 58.5 Å². The first-order valence-electron chi connectivity index (χ1n) is 8.19. The van der Waals surface area contributed by atoms with Crippen LogP contribution in [0.2, 0.25) is 0 Å². The van der Waals surface area contributed by atoms with Crippen molar-refractivity contribution in [3.8, 4) is 11.5 Å². The summed E-state index contributed by atoms with van der Waals surface area (Å²) >= 11 is 1.01. The number of rotatable bonds is 4. The van der Waals surface area contributed by atoms with Crippen molar-refractivity contribution in [2.75, 3.05) is 6.61 Å². The van der Waals surface area contributed by atoms with Gasteiger partial charge in [-0.15, -0.1) is 0 Å². The van der Waals surface area contributed by atoms with E-state index in [9.17, 15) is 23.1 Å². The molecule has 1 saturated heterocycles. The molecule has 2 aromatic carbocycles. The maximum absolute atomic E-state index is 12.8. The number of aromatic hydroxyl groups is 1. The van der Waals surface area contributed by atoms with Gasteiger partial charge in [0.25, 0.3) is 5.91 Å². The Bertz CT molecular complexity index is 971. The first-order valence-corrected chi connectivity index (χ1v) is 9.00. The number of carbonyl (C=O) groups is 1. The number of amides is 1. The normalized spacial score (nSPS) is 17.2. The molecule has 1 amide bonds. The van der Waals surface area contributed by atoms with Crippen LogP contribution in [0.3, 0.4) is 0 Å². The molecule has 9 heteroatoms. The molecule has 1 aliphatic rings.